The molecule has 326 valence electrons. The molecule has 6 rings (SSSR count). The Kier molecular flexibility index (Phi) is 15.2. The summed E-state index contributed by atoms with van der Waals surface area (Å²) in [5.41, 5.74) is 6.54. The van der Waals surface area contributed by atoms with Gasteiger partial charge in [-0.2, -0.15) is 10.5 Å². The van der Waals surface area contributed by atoms with E-state index >= 15 is 0 Å². The van der Waals surface area contributed by atoms with Crippen molar-refractivity contribution in [3.05, 3.63) is 178 Å². The predicted molar refractivity (Wildman–Crippen MR) is 253 cm³/mol. The average Bonchev–Trinajstić information content (AvgIpc) is 3.28. The third-order valence-electron chi connectivity index (χ3n) is 10.5. The van der Waals surface area contributed by atoms with Gasteiger partial charge in [-0.05, 0) is 130 Å². The van der Waals surface area contributed by atoms with E-state index in [9.17, 15) is 34.7 Å². The Bertz CT molecular complexity index is 2900. The maximum absolute atomic E-state index is 13.3. The molecule has 6 aromatic carbocycles. The van der Waals surface area contributed by atoms with E-state index < -0.39 is 23.0 Å². The van der Waals surface area contributed by atoms with E-state index in [1.165, 1.54) is 26.0 Å². The summed E-state index contributed by atoms with van der Waals surface area (Å²) >= 11 is 0. The minimum Gasteiger partial charge on any atom is -0.382 e. The van der Waals surface area contributed by atoms with E-state index in [0.29, 0.717) is 50.7 Å². The minimum atomic E-state index is -1.74. The first-order valence-corrected chi connectivity index (χ1v) is 20.3. The number of hydrogen-bond donors (Lipinski definition) is 5. The van der Waals surface area contributed by atoms with Gasteiger partial charge in [-0.25, -0.2) is 14.1 Å². The molecule has 0 aliphatic rings. The van der Waals surface area contributed by atoms with Crippen molar-refractivity contribution in [2.45, 2.75) is 45.8 Å². The van der Waals surface area contributed by atoms with Crippen LogP contribution in [0.1, 0.15) is 41.7 Å². The molecular formula is C52H47FN8O4. The summed E-state index contributed by atoms with van der Waals surface area (Å²) in [6.45, 7) is 22.6. The zero-order chi connectivity index (χ0) is 47.5. The van der Waals surface area contributed by atoms with Crippen LogP contribution < -0.4 is 20.9 Å². The quantitative estimate of drug-likeness (QED) is 0.0757. The van der Waals surface area contributed by atoms with Crippen LogP contribution in [0.25, 0.3) is 31.9 Å². The number of aryl methyl sites for hydroxylation is 3. The number of amides is 2. The molecule has 0 spiro atoms. The molecule has 2 atom stereocenters. The molecule has 5 N–H and O–H groups in total. The predicted octanol–water partition coefficient (Wildman–Crippen LogP) is 10.2. The number of aliphatic hydroxyl groups is 2. The maximum Gasteiger partial charge on any atom is 0.257 e. The average molecular weight is 867 g/mol. The number of nitrogens with zero attached hydrogens (tertiary/aromatic N) is 5. The van der Waals surface area contributed by atoms with Crippen LogP contribution in [0.2, 0.25) is 0 Å². The fraction of sp³-hybridized carbons (Fsp3) is 0.192. The number of benzene rings is 6. The smallest absolute Gasteiger partial charge is 0.257 e. The molecule has 0 bridgehead atoms. The molecule has 0 aromatic heterocycles. The molecule has 0 saturated carbocycles. The maximum atomic E-state index is 13.3. The molecule has 0 aliphatic carbocycles. The van der Waals surface area contributed by atoms with Crippen molar-refractivity contribution in [2.24, 2.45) is 0 Å². The summed E-state index contributed by atoms with van der Waals surface area (Å²) in [5, 5.41) is 48.9. The van der Waals surface area contributed by atoms with Crippen molar-refractivity contribution in [3.8, 4) is 34.4 Å². The van der Waals surface area contributed by atoms with E-state index in [0.717, 1.165) is 33.5 Å². The molecule has 0 radical (unpaired) electrons. The highest BCUT2D eigenvalue weighted by atomic mass is 19.1. The van der Waals surface area contributed by atoms with Crippen molar-refractivity contribution in [1.29, 1.82) is 10.5 Å². The highest BCUT2D eigenvalue weighted by molar-refractivity contribution is 5.98. The van der Waals surface area contributed by atoms with Crippen LogP contribution in [-0.2, 0) is 9.59 Å². The summed E-state index contributed by atoms with van der Waals surface area (Å²) < 4.78 is 13.3. The van der Waals surface area contributed by atoms with Crippen LogP contribution in [0, 0.1) is 62.4 Å². The molecular weight excluding hydrogens is 820 g/mol. The first kappa shape index (κ1) is 47.7. The standard InChI is InChI=1S/C27H26N4O2.C25H21FN4O2/c1-18-6-8-20(9-7-18)24-15-23(12-10-21(24)16-28)31(5)17-27(3,33)26(32)30-22-11-13-25(29-4)19(2)14-22;1-16-12-21(10-11-23(16)28-3)30-24(31)25(2,32)15-29-20-9-6-18(14-27)22(13-20)17-4-7-19(26)8-5-17/h6-15,33H,17H2,1-3,5H3,(H,30,32);4-13,29,32H,15H2,1-2H3,(H,30,31)/t27-;25-/m00/s1. The molecule has 65 heavy (non-hydrogen) atoms. The molecule has 0 unspecified atom stereocenters. The highest BCUT2D eigenvalue weighted by Crippen LogP contribution is 2.31. The fourth-order valence-electron chi connectivity index (χ4n) is 6.69. The number of rotatable bonds is 12. The summed E-state index contributed by atoms with van der Waals surface area (Å²) in [4.78, 5) is 34.0. The first-order chi connectivity index (χ1) is 30.9. The van der Waals surface area contributed by atoms with Gasteiger partial charge < -0.3 is 31.1 Å². The summed E-state index contributed by atoms with van der Waals surface area (Å²) in [5.74, 6) is -1.52. The second kappa shape index (κ2) is 20.7. The lowest BCUT2D eigenvalue weighted by molar-refractivity contribution is -0.131. The molecule has 2 amide bonds. The molecule has 0 heterocycles. The van der Waals surface area contributed by atoms with Crippen LogP contribution in [0.4, 0.5) is 38.5 Å². The van der Waals surface area contributed by atoms with Gasteiger partial charge in [0.05, 0.1) is 49.5 Å². The molecule has 12 nitrogen and oxygen atoms in total. The van der Waals surface area contributed by atoms with Crippen LogP contribution in [0.5, 0.6) is 0 Å². The van der Waals surface area contributed by atoms with E-state index in [-0.39, 0.29) is 18.9 Å². The summed E-state index contributed by atoms with van der Waals surface area (Å²) in [6, 6.07) is 38.4. The lowest BCUT2D eigenvalue weighted by atomic mass is 9.98. The van der Waals surface area contributed by atoms with Gasteiger partial charge in [0.1, 0.15) is 5.82 Å². The SMILES string of the molecule is [C-]#[N+]c1ccc(NC(=O)[C@@](C)(O)CN(C)c2ccc(C#N)c(-c3ccc(C)cc3)c2)cc1C.[C-]#[N+]c1ccc(NC(=O)[C@@](C)(O)CNc2ccc(C#N)c(-c3ccc(F)cc3)c2)cc1C. The molecule has 6 aromatic rings. The number of likely N-dealkylation sites (N-methyl/N-ethyl adjacent to an activating group) is 1. The van der Waals surface area contributed by atoms with Crippen molar-refractivity contribution < 1.29 is 24.2 Å². The zero-order valence-electron chi connectivity index (χ0n) is 36.8. The van der Waals surface area contributed by atoms with Gasteiger partial charge in [0.25, 0.3) is 11.8 Å². The largest absolute Gasteiger partial charge is 0.382 e. The number of hydrogen-bond acceptors (Lipinski definition) is 8. The van der Waals surface area contributed by atoms with Crippen molar-refractivity contribution >= 4 is 45.9 Å². The Morgan fingerprint density at radius 1 is 0.662 bits per heavy atom. The van der Waals surface area contributed by atoms with Gasteiger partial charge in [0.15, 0.2) is 22.6 Å². The normalized spacial score (nSPS) is 12.2. The highest BCUT2D eigenvalue weighted by Gasteiger charge is 2.33. The van der Waals surface area contributed by atoms with Crippen LogP contribution >= 0.6 is 0 Å². The number of carbonyl (C=O) groups is 2. The minimum absolute atomic E-state index is 0.0389. The van der Waals surface area contributed by atoms with Gasteiger partial charge in [-0.15, -0.1) is 0 Å². The third kappa shape index (κ3) is 12.2. The van der Waals surface area contributed by atoms with Crippen LogP contribution in [0.3, 0.4) is 0 Å². The first-order valence-electron chi connectivity index (χ1n) is 20.3. The van der Waals surface area contributed by atoms with Crippen LogP contribution in [-0.4, -0.2) is 53.4 Å². The van der Waals surface area contributed by atoms with Gasteiger partial charge in [-0.3, -0.25) is 9.59 Å². The molecule has 0 fully saturated rings. The van der Waals surface area contributed by atoms with Gasteiger partial charge in [0.2, 0.25) is 0 Å². The van der Waals surface area contributed by atoms with E-state index in [2.05, 4.69) is 37.8 Å². The van der Waals surface area contributed by atoms with Gasteiger partial charge in [0, 0.05) is 40.9 Å². The Labute approximate surface area is 378 Å². The lowest BCUT2D eigenvalue weighted by Gasteiger charge is -2.30. The zero-order valence-corrected chi connectivity index (χ0v) is 36.8. The monoisotopic (exact) mass is 866 g/mol. The molecule has 13 heteroatoms. The van der Waals surface area contributed by atoms with E-state index in [1.54, 1.807) is 105 Å². The Hall–Kier alpha value is -8.33. The fourth-order valence-corrected chi connectivity index (χ4v) is 6.69. The summed E-state index contributed by atoms with van der Waals surface area (Å²) in [6.07, 6.45) is 0. The van der Waals surface area contributed by atoms with Crippen molar-refractivity contribution in [2.75, 3.05) is 41.0 Å². The molecule has 0 saturated heterocycles. The Balaban J connectivity index is 0.000000244. The van der Waals surface area contributed by atoms with Crippen molar-refractivity contribution in [1.82, 2.24) is 0 Å². The number of nitrogens with one attached hydrogen (secondary N) is 3. The Morgan fingerprint density at radius 2 is 1.12 bits per heavy atom. The van der Waals surface area contributed by atoms with E-state index in [4.69, 9.17) is 13.1 Å². The molecule has 0 aliphatic heterocycles. The Morgan fingerprint density at radius 3 is 1.62 bits per heavy atom. The third-order valence-corrected chi connectivity index (χ3v) is 10.5. The number of nitriles is 2. The summed E-state index contributed by atoms with van der Waals surface area (Å²) in [7, 11) is 1.79. The van der Waals surface area contributed by atoms with Crippen molar-refractivity contribution in [3.63, 3.8) is 0 Å². The number of halogens is 1. The lowest BCUT2D eigenvalue weighted by Crippen LogP contribution is -2.48. The topological polar surface area (TPSA) is 170 Å². The second-order valence-corrected chi connectivity index (χ2v) is 16.0. The number of carbonyl (C=O) groups excluding carboxylic acids is 2. The van der Waals surface area contributed by atoms with Crippen LogP contribution in [0.15, 0.2) is 121 Å². The van der Waals surface area contributed by atoms with Gasteiger partial charge in [-0.1, -0.05) is 54.1 Å². The van der Waals surface area contributed by atoms with Gasteiger partial charge >= 0.3 is 0 Å². The second-order valence-electron chi connectivity index (χ2n) is 16.0. The number of anilines is 4. The van der Waals surface area contributed by atoms with E-state index in [1.807, 2.05) is 37.3 Å².